The predicted molar refractivity (Wildman–Crippen MR) is 149 cm³/mol. The molecule has 1 heterocycles. The Bertz CT molecular complexity index is 1130. The lowest BCUT2D eigenvalue weighted by Crippen LogP contribution is -2.07. The van der Waals surface area contributed by atoms with Gasteiger partial charge in [-0.1, -0.05) is 31.2 Å². The molecule has 0 amide bonds. The number of rotatable bonds is 19. The van der Waals surface area contributed by atoms with Crippen molar-refractivity contribution < 1.29 is 28.8 Å². The van der Waals surface area contributed by atoms with Gasteiger partial charge in [0.2, 0.25) is 6.79 Å². The molecule has 0 atom stereocenters. The lowest BCUT2D eigenvalue weighted by atomic mass is 10.1. The van der Waals surface area contributed by atoms with Gasteiger partial charge in [0.25, 0.3) is 0 Å². The molecule has 0 aliphatic heterocycles. The maximum Gasteiger partial charge on any atom is 0.333 e. The van der Waals surface area contributed by atoms with Gasteiger partial charge in [0.05, 0.1) is 13.2 Å². The molecule has 0 fully saturated rings. The maximum atomic E-state index is 11.0. The van der Waals surface area contributed by atoms with Crippen LogP contribution in [-0.4, -0.2) is 42.6 Å². The molecule has 0 spiro atoms. The van der Waals surface area contributed by atoms with Gasteiger partial charge in [0.1, 0.15) is 18.1 Å². The molecule has 206 valence electrons. The summed E-state index contributed by atoms with van der Waals surface area (Å²) in [6, 6.07) is 15.5. The number of hydrogen-bond donors (Lipinski definition) is 0. The molecule has 0 aliphatic carbocycles. The number of hydrogen-bond acceptors (Lipinski definition) is 8. The molecule has 2 aromatic carbocycles. The number of esters is 1. The normalized spacial score (nSPS) is 10.6. The van der Waals surface area contributed by atoms with Gasteiger partial charge in [0, 0.05) is 24.0 Å². The second-order valence-electron chi connectivity index (χ2n) is 8.67. The van der Waals surface area contributed by atoms with Crippen molar-refractivity contribution >= 4 is 5.97 Å². The smallest absolute Gasteiger partial charge is 0.333 e. The van der Waals surface area contributed by atoms with Crippen LogP contribution in [0.15, 0.2) is 86.2 Å². The summed E-state index contributed by atoms with van der Waals surface area (Å²) in [6.45, 7) is 8.46. The van der Waals surface area contributed by atoms with E-state index in [9.17, 15) is 4.79 Å². The van der Waals surface area contributed by atoms with Gasteiger partial charge in [-0.3, -0.25) is 0 Å². The molecule has 1 aromatic heterocycles. The molecule has 0 N–H and O–H groups in total. The Morgan fingerprint density at radius 1 is 0.744 bits per heavy atom. The second kappa shape index (κ2) is 17.5. The summed E-state index contributed by atoms with van der Waals surface area (Å²) in [5.74, 6) is 1.64. The first kappa shape index (κ1) is 29.5. The summed E-state index contributed by atoms with van der Waals surface area (Å²) in [7, 11) is 0. The highest BCUT2D eigenvalue weighted by Gasteiger charge is 2.04. The van der Waals surface area contributed by atoms with Crippen molar-refractivity contribution in [3.63, 3.8) is 0 Å². The molecule has 0 saturated carbocycles. The summed E-state index contributed by atoms with van der Waals surface area (Å²) in [6.07, 6.45) is 12.3. The third-order valence-corrected chi connectivity index (χ3v) is 5.70. The van der Waals surface area contributed by atoms with Gasteiger partial charge in [-0.25, -0.2) is 24.5 Å². The van der Waals surface area contributed by atoms with Gasteiger partial charge >= 0.3 is 5.97 Å². The van der Waals surface area contributed by atoms with Gasteiger partial charge in [-0.05, 0) is 79.6 Å². The molecule has 39 heavy (non-hydrogen) atoms. The van der Waals surface area contributed by atoms with Crippen molar-refractivity contribution in [2.24, 2.45) is 0 Å². The molecule has 8 heteroatoms. The summed E-state index contributed by atoms with van der Waals surface area (Å²) >= 11 is 0. The van der Waals surface area contributed by atoms with Crippen LogP contribution < -0.4 is 9.47 Å². The minimum atomic E-state index is -0.516. The Balaban J connectivity index is 1.34. The number of aromatic nitrogens is 2. The number of carbonyl (C=O) groups is 1. The number of aryl methyl sites for hydroxylation is 2. The number of carbonyl (C=O) groups excluding carboxylic acids is 1. The van der Waals surface area contributed by atoms with E-state index in [1.54, 1.807) is 6.08 Å². The third kappa shape index (κ3) is 11.5. The van der Waals surface area contributed by atoms with Crippen molar-refractivity contribution in [2.75, 3.05) is 26.6 Å². The quantitative estimate of drug-likeness (QED) is 0.0350. The van der Waals surface area contributed by atoms with Crippen LogP contribution in [-0.2, 0) is 32.1 Å². The molecule has 3 rings (SSSR count). The van der Waals surface area contributed by atoms with Crippen molar-refractivity contribution in [3.05, 3.63) is 97.4 Å². The van der Waals surface area contributed by atoms with E-state index in [4.69, 9.17) is 24.0 Å². The molecule has 0 saturated heterocycles. The van der Waals surface area contributed by atoms with E-state index in [2.05, 4.69) is 23.1 Å². The fraction of sp³-hybridized carbons (Fsp3) is 0.323. The van der Waals surface area contributed by atoms with Crippen LogP contribution in [0.4, 0.5) is 0 Å². The first-order valence-corrected chi connectivity index (χ1v) is 13.1. The standard InChI is InChI=1S/C31H36N2O6/c1-3-19-38-39-21-8-6-5-7-20-35-28-17-13-27(14-18-28)31-32-22-26(23-33-31)10-9-25-11-15-29(16-12-25)36-24-37-30(34)4-2/h3-4,11-18,22-23H,1-2,5-10,19-21,24H2. The van der Waals surface area contributed by atoms with Crippen LogP contribution in [0.25, 0.3) is 11.4 Å². The Labute approximate surface area is 230 Å². The molecule has 3 aromatic rings. The number of unbranched alkanes of at least 4 members (excludes halogenated alkanes) is 3. The minimum absolute atomic E-state index is 0.145. The molecule has 8 nitrogen and oxygen atoms in total. The minimum Gasteiger partial charge on any atom is -0.494 e. The van der Waals surface area contributed by atoms with Gasteiger partial charge in [0.15, 0.2) is 5.82 Å². The predicted octanol–water partition coefficient (Wildman–Crippen LogP) is 6.07. The van der Waals surface area contributed by atoms with Crippen LogP contribution in [0.2, 0.25) is 0 Å². The molecular formula is C31H36N2O6. The van der Waals surface area contributed by atoms with Gasteiger partial charge in [-0.2, -0.15) is 0 Å². The molecule has 0 radical (unpaired) electrons. The fourth-order valence-electron chi connectivity index (χ4n) is 3.55. The first-order valence-electron chi connectivity index (χ1n) is 13.1. The first-order chi connectivity index (χ1) is 19.2. The largest absolute Gasteiger partial charge is 0.494 e. The summed E-state index contributed by atoms with van der Waals surface area (Å²) in [4.78, 5) is 30.1. The lowest BCUT2D eigenvalue weighted by molar-refractivity contribution is -0.286. The molecule has 0 bridgehead atoms. The van der Waals surface area contributed by atoms with Crippen LogP contribution in [0.3, 0.4) is 0 Å². The topological polar surface area (TPSA) is 89.0 Å². The average molecular weight is 533 g/mol. The zero-order valence-corrected chi connectivity index (χ0v) is 22.3. The number of benzene rings is 2. The third-order valence-electron chi connectivity index (χ3n) is 5.70. The molecule has 0 unspecified atom stereocenters. The summed E-state index contributed by atoms with van der Waals surface area (Å²) < 4.78 is 16.0. The van der Waals surface area contributed by atoms with Gasteiger partial charge in [-0.15, -0.1) is 6.58 Å². The van der Waals surface area contributed by atoms with Crippen molar-refractivity contribution in [1.82, 2.24) is 9.97 Å². The Morgan fingerprint density at radius 2 is 1.38 bits per heavy atom. The zero-order chi connectivity index (χ0) is 27.5. The monoisotopic (exact) mass is 532 g/mol. The fourth-order valence-corrected chi connectivity index (χ4v) is 3.55. The van der Waals surface area contributed by atoms with Crippen LogP contribution in [0, 0.1) is 0 Å². The Morgan fingerprint density at radius 3 is 2.08 bits per heavy atom. The maximum absolute atomic E-state index is 11.0. The van der Waals surface area contributed by atoms with E-state index >= 15 is 0 Å². The highest BCUT2D eigenvalue weighted by atomic mass is 17.2. The van der Waals surface area contributed by atoms with Crippen molar-refractivity contribution in [3.8, 4) is 22.9 Å². The van der Waals surface area contributed by atoms with Crippen LogP contribution in [0.1, 0.15) is 36.8 Å². The number of ether oxygens (including phenoxy) is 3. The summed E-state index contributed by atoms with van der Waals surface area (Å²) in [5, 5.41) is 0. The van der Waals surface area contributed by atoms with Crippen molar-refractivity contribution in [2.45, 2.75) is 38.5 Å². The van der Waals surface area contributed by atoms with E-state index in [0.29, 0.717) is 31.4 Å². The van der Waals surface area contributed by atoms with E-state index in [0.717, 1.165) is 67.0 Å². The highest BCUT2D eigenvalue weighted by molar-refractivity contribution is 5.81. The molecular weight excluding hydrogens is 496 g/mol. The summed E-state index contributed by atoms with van der Waals surface area (Å²) in [5.41, 5.74) is 3.17. The lowest BCUT2D eigenvalue weighted by Gasteiger charge is -2.08. The Hall–Kier alpha value is -4.01. The average Bonchev–Trinajstić information content (AvgIpc) is 2.98. The van der Waals surface area contributed by atoms with E-state index in [-0.39, 0.29) is 6.79 Å². The highest BCUT2D eigenvalue weighted by Crippen LogP contribution is 2.20. The second-order valence-corrected chi connectivity index (χ2v) is 8.67. The van der Waals surface area contributed by atoms with Crippen LogP contribution >= 0.6 is 0 Å². The van der Waals surface area contributed by atoms with Gasteiger partial charge < -0.3 is 14.2 Å². The van der Waals surface area contributed by atoms with E-state index in [1.165, 1.54) is 0 Å². The molecule has 0 aliphatic rings. The van der Waals surface area contributed by atoms with Crippen LogP contribution in [0.5, 0.6) is 11.5 Å². The van der Waals surface area contributed by atoms with E-state index < -0.39 is 5.97 Å². The number of nitrogens with zero attached hydrogens (tertiary/aromatic N) is 2. The zero-order valence-electron chi connectivity index (χ0n) is 22.3. The van der Waals surface area contributed by atoms with E-state index in [1.807, 2.05) is 60.9 Å². The Kier molecular flexibility index (Phi) is 13.2. The SMILES string of the molecule is C=CCOOCCCCCCOc1ccc(-c2ncc(CCc3ccc(OCOC(=O)C=C)cc3)cn2)cc1. The van der Waals surface area contributed by atoms with Crippen molar-refractivity contribution in [1.29, 1.82) is 0 Å².